The highest BCUT2D eigenvalue weighted by molar-refractivity contribution is 7.89. The highest BCUT2D eigenvalue weighted by Crippen LogP contribution is 2.19. The SMILES string of the molecule is NS(=O)(=O)c1cccc(NC(=O)COC(=O)c2cccc3ccccc23)c1. The van der Waals surface area contributed by atoms with Crippen LogP contribution >= 0.6 is 0 Å². The lowest BCUT2D eigenvalue weighted by atomic mass is 10.1. The molecule has 0 heterocycles. The Morgan fingerprint density at radius 1 is 0.963 bits per heavy atom. The van der Waals surface area contributed by atoms with Crippen LogP contribution in [0.25, 0.3) is 10.8 Å². The second kappa shape index (κ2) is 7.56. The number of benzene rings is 3. The molecule has 0 aliphatic heterocycles. The zero-order valence-corrected chi connectivity index (χ0v) is 14.9. The molecule has 0 bridgehead atoms. The van der Waals surface area contributed by atoms with Crippen LogP contribution in [0.15, 0.2) is 71.6 Å². The van der Waals surface area contributed by atoms with Gasteiger partial charge in [-0.15, -0.1) is 0 Å². The minimum absolute atomic E-state index is 0.131. The molecule has 7 nitrogen and oxygen atoms in total. The largest absolute Gasteiger partial charge is 0.452 e. The molecule has 27 heavy (non-hydrogen) atoms. The lowest BCUT2D eigenvalue weighted by Crippen LogP contribution is -2.21. The fourth-order valence-electron chi connectivity index (χ4n) is 2.56. The maximum Gasteiger partial charge on any atom is 0.339 e. The highest BCUT2D eigenvalue weighted by atomic mass is 32.2. The molecule has 0 saturated heterocycles. The van der Waals surface area contributed by atoms with Crippen molar-refractivity contribution in [2.45, 2.75) is 4.90 Å². The minimum Gasteiger partial charge on any atom is -0.452 e. The molecule has 0 spiro atoms. The molecular weight excluding hydrogens is 368 g/mol. The molecule has 0 saturated carbocycles. The molecule has 3 rings (SSSR count). The van der Waals surface area contributed by atoms with Crippen molar-refractivity contribution in [3.8, 4) is 0 Å². The number of nitrogens with two attached hydrogens (primary N) is 1. The van der Waals surface area contributed by atoms with Crippen LogP contribution in [0.3, 0.4) is 0 Å². The predicted octanol–water partition coefficient (Wildman–Crippen LogP) is 2.28. The average Bonchev–Trinajstić information content (AvgIpc) is 2.65. The average molecular weight is 384 g/mol. The first kappa shape index (κ1) is 18.6. The maximum atomic E-state index is 12.3. The summed E-state index contributed by atoms with van der Waals surface area (Å²) < 4.78 is 27.8. The zero-order valence-electron chi connectivity index (χ0n) is 14.1. The molecular formula is C19H16N2O5S. The van der Waals surface area contributed by atoms with E-state index in [1.807, 2.05) is 24.3 Å². The minimum atomic E-state index is -3.88. The molecule has 8 heteroatoms. The van der Waals surface area contributed by atoms with E-state index in [0.29, 0.717) is 5.56 Å². The topological polar surface area (TPSA) is 116 Å². The van der Waals surface area contributed by atoms with Gasteiger partial charge < -0.3 is 10.1 Å². The highest BCUT2D eigenvalue weighted by Gasteiger charge is 2.14. The molecule has 0 radical (unpaired) electrons. The normalized spacial score (nSPS) is 11.1. The summed E-state index contributed by atoms with van der Waals surface area (Å²) in [5, 5.41) is 9.13. The number of primary sulfonamides is 1. The summed E-state index contributed by atoms with van der Waals surface area (Å²) in [6.07, 6.45) is 0. The maximum absolute atomic E-state index is 12.3. The van der Waals surface area contributed by atoms with E-state index < -0.39 is 28.5 Å². The molecule has 1 amide bonds. The van der Waals surface area contributed by atoms with Crippen LogP contribution in [-0.2, 0) is 19.6 Å². The van der Waals surface area contributed by atoms with E-state index in [-0.39, 0.29) is 10.6 Å². The molecule has 0 fully saturated rings. The van der Waals surface area contributed by atoms with Crippen molar-refractivity contribution in [1.82, 2.24) is 0 Å². The summed E-state index contributed by atoms with van der Waals surface area (Å²) in [7, 11) is -3.88. The van der Waals surface area contributed by atoms with E-state index in [1.165, 1.54) is 24.3 Å². The van der Waals surface area contributed by atoms with Gasteiger partial charge in [-0.25, -0.2) is 18.4 Å². The van der Waals surface area contributed by atoms with Crippen LogP contribution in [0.2, 0.25) is 0 Å². The van der Waals surface area contributed by atoms with Gasteiger partial charge in [0.1, 0.15) is 0 Å². The van der Waals surface area contributed by atoms with E-state index in [2.05, 4.69) is 5.32 Å². The number of carbonyl (C=O) groups excluding carboxylic acids is 2. The molecule has 0 aliphatic carbocycles. The van der Waals surface area contributed by atoms with E-state index >= 15 is 0 Å². The van der Waals surface area contributed by atoms with Crippen LogP contribution in [0, 0.1) is 0 Å². The Hall–Kier alpha value is -3.23. The number of rotatable bonds is 5. The first-order valence-corrected chi connectivity index (χ1v) is 9.47. The molecule has 0 aliphatic rings. The van der Waals surface area contributed by atoms with Crippen molar-refractivity contribution in [1.29, 1.82) is 0 Å². The molecule has 3 N–H and O–H groups in total. The molecule has 138 valence electrons. The van der Waals surface area contributed by atoms with Gasteiger partial charge in [0, 0.05) is 5.69 Å². The number of fused-ring (bicyclic) bond motifs is 1. The van der Waals surface area contributed by atoms with Gasteiger partial charge >= 0.3 is 5.97 Å². The lowest BCUT2D eigenvalue weighted by molar-refractivity contribution is -0.119. The summed E-state index contributed by atoms with van der Waals surface area (Å²) in [4.78, 5) is 24.2. The third kappa shape index (κ3) is 4.49. The summed E-state index contributed by atoms with van der Waals surface area (Å²) in [5.41, 5.74) is 0.588. The number of anilines is 1. The van der Waals surface area contributed by atoms with E-state index in [4.69, 9.17) is 9.88 Å². The van der Waals surface area contributed by atoms with E-state index in [1.54, 1.807) is 18.2 Å². The van der Waals surface area contributed by atoms with Crippen molar-refractivity contribution in [2.75, 3.05) is 11.9 Å². The Morgan fingerprint density at radius 2 is 1.67 bits per heavy atom. The van der Waals surface area contributed by atoms with Gasteiger partial charge in [0.25, 0.3) is 5.91 Å². The third-order valence-electron chi connectivity index (χ3n) is 3.79. The lowest BCUT2D eigenvalue weighted by Gasteiger charge is -2.09. The number of esters is 1. The van der Waals surface area contributed by atoms with Crippen molar-refractivity contribution in [3.05, 3.63) is 72.3 Å². The standard InChI is InChI=1S/C19H16N2O5S/c20-27(24,25)15-8-4-7-14(11-15)21-18(22)12-26-19(23)17-10-3-6-13-5-1-2-9-16(13)17/h1-11H,12H2,(H,21,22)(H2,20,24,25). The Balaban J connectivity index is 1.66. The first-order chi connectivity index (χ1) is 12.8. The summed E-state index contributed by atoms with van der Waals surface area (Å²) >= 11 is 0. The monoisotopic (exact) mass is 384 g/mol. The second-order valence-corrected chi connectivity index (χ2v) is 7.29. The smallest absolute Gasteiger partial charge is 0.339 e. The number of sulfonamides is 1. The third-order valence-corrected chi connectivity index (χ3v) is 4.70. The summed E-state index contributed by atoms with van der Waals surface area (Å²) in [6, 6.07) is 18.0. The van der Waals surface area contributed by atoms with Crippen LogP contribution < -0.4 is 10.5 Å². The Bertz CT molecular complexity index is 1120. The Morgan fingerprint density at radius 3 is 2.44 bits per heavy atom. The van der Waals surface area contributed by atoms with Crippen LogP contribution in [0.5, 0.6) is 0 Å². The van der Waals surface area contributed by atoms with E-state index in [9.17, 15) is 18.0 Å². The molecule has 3 aromatic rings. The van der Waals surface area contributed by atoms with Gasteiger partial charge in [0.2, 0.25) is 10.0 Å². The number of nitrogens with one attached hydrogen (secondary N) is 1. The number of ether oxygens (including phenoxy) is 1. The fourth-order valence-corrected chi connectivity index (χ4v) is 3.12. The van der Waals surface area contributed by atoms with Crippen LogP contribution in [0.4, 0.5) is 5.69 Å². The molecule has 0 unspecified atom stereocenters. The van der Waals surface area contributed by atoms with Gasteiger partial charge in [-0.2, -0.15) is 0 Å². The molecule has 0 aromatic heterocycles. The van der Waals surface area contributed by atoms with Gasteiger partial charge in [0.15, 0.2) is 6.61 Å². The fraction of sp³-hybridized carbons (Fsp3) is 0.0526. The number of amides is 1. The van der Waals surface area contributed by atoms with E-state index in [0.717, 1.165) is 10.8 Å². The predicted molar refractivity (Wildman–Crippen MR) is 101 cm³/mol. The second-order valence-electron chi connectivity index (χ2n) is 5.72. The molecule has 0 atom stereocenters. The Labute approximate surface area is 155 Å². The van der Waals surface area contributed by atoms with Crippen molar-refractivity contribution < 1.29 is 22.7 Å². The van der Waals surface area contributed by atoms with Crippen molar-refractivity contribution in [3.63, 3.8) is 0 Å². The number of hydrogen-bond donors (Lipinski definition) is 2. The Kier molecular flexibility index (Phi) is 5.20. The van der Waals surface area contributed by atoms with Gasteiger partial charge in [-0.1, -0.05) is 42.5 Å². The summed E-state index contributed by atoms with van der Waals surface area (Å²) in [6.45, 7) is -0.512. The van der Waals surface area contributed by atoms with Crippen molar-refractivity contribution in [2.24, 2.45) is 5.14 Å². The quantitative estimate of drug-likeness (QED) is 0.655. The van der Waals surface area contributed by atoms with Crippen molar-refractivity contribution >= 4 is 38.4 Å². The van der Waals surface area contributed by atoms with Gasteiger partial charge in [0.05, 0.1) is 10.5 Å². The zero-order chi connectivity index (χ0) is 19.4. The molecule has 3 aromatic carbocycles. The number of carbonyl (C=O) groups is 2. The van der Waals surface area contributed by atoms with Gasteiger partial charge in [-0.3, -0.25) is 4.79 Å². The summed E-state index contributed by atoms with van der Waals surface area (Å²) in [5.74, 6) is -1.23. The van der Waals surface area contributed by atoms with Crippen LogP contribution in [0.1, 0.15) is 10.4 Å². The van der Waals surface area contributed by atoms with Crippen LogP contribution in [-0.4, -0.2) is 26.9 Å². The number of hydrogen-bond acceptors (Lipinski definition) is 5. The first-order valence-electron chi connectivity index (χ1n) is 7.92. The van der Waals surface area contributed by atoms with Gasteiger partial charge in [-0.05, 0) is 35.0 Å².